The van der Waals surface area contributed by atoms with Gasteiger partial charge in [-0.1, -0.05) is 12.1 Å². The van der Waals surface area contributed by atoms with Crippen LogP contribution >= 0.6 is 23.1 Å². The van der Waals surface area contributed by atoms with Crippen molar-refractivity contribution < 1.29 is 32.2 Å². The molecule has 6 nitrogen and oxygen atoms in total. The number of hydrogen-bond acceptors (Lipinski definition) is 7. The monoisotopic (exact) mass is 659 g/mol. The van der Waals surface area contributed by atoms with Crippen molar-refractivity contribution in [3.8, 4) is 16.3 Å². The largest absolute Gasteiger partial charge is 0.478 e. The third-order valence-corrected chi connectivity index (χ3v) is 9.92. The molecule has 1 aliphatic heterocycles. The minimum absolute atomic E-state index is 0.267. The zero-order valence-corrected chi connectivity index (χ0v) is 26.7. The molecule has 0 aliphatic carbocycles. The lowest BCUT2D eigenvalue weighted by molar-refractivity contribution is -0.152. The second kappa shape index (κ2) is 13.4. The van der Waals surface area contributed by atoms with Crippen LogP contribution in [0, 0.1) is 12.7 Å². The lowest BCUT2D eigenvalue weighted by Gasteiger charge is -2.36. The van der Waals surface area contributed by atoms with Crippen LogP contribution in [-0.2, 0) is 23.3 Å². The normalized spacial score (nSPS) is 14.5. The maximum Gasteiger partial charge on any atom is 0.416 e. The number of piperazine rings is 1. The van der Waals surface area contributed by atoms with Crippen LogP contribution in [-0.4, -0.2) is 52.7 Å². The first-order valence-corrected chi connectivity index (χ1v) is 16.1. The number of carbonyl (C=O) groups is 1. The number of aliphatic carboxylic acids is 1. The molecule has 1 aromatic heterocycles. The summed E-state index contributed by atoms with van der Waals surface area (Å²) in [7, 11) is 0. The van der Waals surface area contributed by atoms with Gasteiger partial charge in [-0.3, -0.25) is 4.90 Å². The minimum Gasteiger partial charge on any atom is -0.478 e. The Hall–Kier alpha value is -3.61. The van der Waals surface area contributed by atoms with Crippen LogP contribution in [0.4, 0.5) is 23.2 Å². The molecule has 12 heteroatoms. The molecule has 0 saturated carbocycles. The molecule has 5 rings (SSSR count). The molecule has 0 radical (unpaired) electrons. The van der Waals surface area contributed by atoms with Crippen molar-refractivity contribution in [2.45, 2.75) is 49.7 Å². The van der Waals surface area contributed by atoms with Crippen molar-refractivity contribution in [2.75, 3.05) is 31.1 Å². The molecule has 0 atom stereocenters. The summed E-state index contributed by atoms with van der Waals surface area (Å²) in [5.41, 5.74) is 1.23. The Morgan fingerprint density at radius 2 is 1.67 bits per heavy atom. The molecule has 0 unspecified atom stereocenters. The molecule has 238 valence electrons. The van der Waals surface area contributed by atoms with E-state index in [0.717, 1.165) is 65.0 Å². The second-order valence-corrected chi connectivity index (χ2v) is 13.5. The number of thioether (sulfide) groups is 1. The SMILES string of the molecule is Cc1cc(SCc2sc(-c3ccc(C(F)(F)F)cc3)nc2CN2CCN(c3ccc(F)cc3)CC2)ccc1OC(C)(C)C(=O)O. The van der Waals surface area contributed by atoms with Gasteiger partial charge >= 0.3 is 12.1 Å². The summed E-state index contributed by atoms with van der Waals surface area (Å²) in [5, 5.41) is 10.1. The molecule has 0 amide bonds. The van der Waals surface area contributed by atoms with Crippen molar-refractivity contribution in [1.29, 1.82) is 0 Å². The van der Waals surface area contributed by atoms with Crippen molar-refractivity contribution >= 4 is 34.8 Å². The van der Waals surface area contributed by atoms with Crippen LogP contribution in [0.5, 0.6) is 5.75 Å². The Labute approximate surface area is 267 Å². The molecule has 4 aromatic rings. The molecule has 0 bridgehead atoms. The predicted octanol–water partition coefficient (Wildman–Crippen LogP) is 8.13. The number of alkyl halides is 3. The number of aromatic nitrogens is 1. The number of carboxylic acid groups (broad SMARTS) is 1. The Kier molecular flexibility index (Phi) is 9.76. The van der Waals surface area contributed by atoms with Gasteiger partial charge in [-0.2, -0.15) is 13.2 Å². The van der Waals surface area contributed by atoms with Gasteiger partial charge in [-0.15, -0.1) is 23.1 Å². The third kappa shape index (κ3) is 8.16. The van der Waals surface area contributed by atoms with E-state index in [4.69, 9.17) is 9.72 Å². The number of rotatable bonds is 10. The first kappa shape index (κ1) is 32.8. The Morgan fingerprint density at radius 3 is 2.27 bits per heavy atom. The van der Waals surface area contributed by atoms with Crippen LogP contribution in [0.1, 0.15) is 35.5 Å². The number of halogens is 4. The number of ether oxygens (including phenoxy) is 1. The molecule has 1 saturated heterocycles. The van der Waals surface area contributed by atoms with Gasteiger partial charge in [-0.25, -0.2) is 14.2 Å². The summed E-state index contributed by atoms with van der Waals surface area (Å²) in [5.74, 6) is -0.228. The Morgan fingerprint density at radius 1 is 1.00 bits per heavy atom. The maximum atomic E-state index is 13.4. The smallest absolute Gasteiger partial charge is 0.416 e. The summed E-state index contributed by atoms with van der Waals surface area (Å²) in [6, 6.07) is 17.2. The summed E-state index contributed by atoms with van der Waals surface area (Å²) < 4.78 is 58.6. The zero-order valence-electron chi connectivity index (χ0n) is 25.0. The van der Waals surface area contributed by atoms with Crippen molar-refractivity contribution in [3.63, 3.8) is 0 Å². The van der Waals surface area contributed by atoms with Gasteiger partial charge in [0.1, 0.15) is 16.6 Å². The summed E-state index contributed by atoms with van der Waals surface area (Å²) in [6.07, 6.45) is -4.41. The van der Waals surface area contributed by atoms with E-state index in [2.05, 4.69) is 9.80 Å². The Balaban J connectivity index is 1.32. The summed E-state index contributed by atoms with van der Waals surface area (Å²) in [4.78, 5) is 22.9. The number of anilines is 1. The lowest BCUT2D eigenvalue weighted by atomic mass is 10.1. The summed E-state index contributed by atoms with van der Waals surface area (Å²) in [6.45, 7) is 8.58. The highest BCUT2D eigenvalue weighted by molar-refractivity contribution is 7.98. The first-order chi connectivity index (χ1) is 21.3. The molecule has 2 heterocycles. The number of benzene rings is 3. The van der Waals surface area contributed by atoms with E-state index in [9.17, 15) is 27.5 Å². The number of carboxylic acids is 1. The van der Waals surface area contributed by atoms with Gasteiger partial charge in [0.2, 0.25) is 0 Å². The molecular formula is C33H33F4N3O3S2. The molecule has 1 fully saturated rings. The third-order valence-electron chi connectivity index (χ3n) is 7.57. The van der Waals surface area contributed by atoms with E-state index >= 15 is 0 Å². The Bertz CT molecular complexity index is 1630. The minimum atomic E-state index is -4.41. The molecule has 0 spiro atoms. The van der Waals surface area contributed by atoms with Crippen molar-refractivity contribution in [2.24, 2.45) is 0 Å². The fourth-order valence-electron chi connectivity index (χ4n) is 4.87. The highest BCUT2D eigenvalue weighted by atomic mass is 32.2. The molecular weight excluding hydrogens is 627 g/mol. The van der Waals surface area contributed by atoms with E-state index in [1.165, 1.54) is 49.4 Å². The van der Waals surface area contributed by atoms with Gasteiger partial charge in [0.05, 0.1) is 11.3 Å². The number of aryl methyl sites for hydroxylation is 1. The first-order valence-electron chi connectivity index (χ1n) is 14.3. The van der Waals surface area contributed by atoms with Crippen molar-refractivity contribution in [1.82, 2.24) is 9.88 Å². The van der Waals surface area contributed by atoms with Gasteiger partial charge in [0.15, 0.2) is 5.60 Å². The topological polar surface area (TPSA) is 65.9 Å². The highest BCUT2D eigenvalue weighted by Gasteiger charge is 2.31. The number of nitrogens with zero attached hydrogens (tertiary/aromatic N) is 3. The van der Waals surface area contributed by atoms with Gasteiger partial charge < -0.3 is 14.7 Å². The van der Waals surface area contributed by atoms with Crippen LogP contribution in [0.15, 0.2) is 71.6 Å². The van der Waals surface area contributed by atoms with Gasteiger partial charge in [0, 0.05) is 59.5 Å². The second-order valence-electron chi connectivity index (χ2n) is 11.3. The van der Waals surface area contributed by atoms with E-state index < -0.39 is 23.3 Å². The quantitative estimate of drug-likeness (QED) is 0.136. The van der Waals surface area contributed by atoms with Gasteiger partial charge in [0.25, 0.3) is 0 Å². The van der Waals surface area contributed by atoms with E-state index in [1.807, 2.05) is 19.1 Å². The predicted molar refractivity (Wildman–Crippen MR) is 170 cm³/mol. The maximum absolute atomic E-state index is 13.4. The van der Waals surface area contributed by atoms with E-state index in [1.54, 1.807) is 30.0 Å². The number of thiazole rings is 1. The average Bonchev–Trinajstić information content (AvgIpc) is 3.40. The van der Waals surface area contributed by atoms with Crippen LogP contribution in [0.25, 0.3) is 10.6 Å². The fraction of sp³-hybridized carbons (Fsp3) is 0.333. The van der Waals surface area contributed by atoms with E-state index in [0.29, 0.717) is 28.6 Å². The van der Waals surface area contributed by atoms with Crippen LogP contribution in [0.2, 0.25) is 0 Å². The van der Waals surface area contributed by atoms with E-state index in [-0.39, 0.29) is 5.82 Å². The number of hydrogen-bond donors (Lipinski definition) is 1. The van der Waals surface area contributed by atoms with Crippen LogP contribution < -0.4 is 9.64 Å². The summed E-state index contributed by atoms with van der Waals surface area (Å²) >= 11 is 3.08. The zero-order chi connectivity index (χ0) is 32.4. The molecule has 1 N–H and O–H groups in total. The fourth-order valence-corrected chi connectivity index (χ4v) is 7.04. The highest BCUT2D eigenvalue weighted by Crippen LogP contribution is 2.37. The van der Waals surface area contributed by atoms with Crippen molar-refractivity contribution in [3.05, 3.63) is 94.2 Å². The molecule has 3 aromatic carbocycles. The average molecular weight is 660 g/mol. The molecule has 45 heavy (non-hydrogen) atoms. The lowest BCUT2D eigenvalue weighted by Crippen LogP contribution is -2.46. The van der Waals surface area contributed by atoms with Crippen LogP contribution in [0.3, 0.4) is 0 Å². The standard InChI is InChI=1S/C33H33F4N3O3S2/c1-21-18-26(12-13-28(21)43-32(2,3)31(41)42)44-20-29-27(38-30(45-29)22-4-6-23(7-5-22)33(35,36)37)19-39-14-16-40(17-15-39)25-10-8-24(34)9-11-25/h4-13,18H,14-17,19-20H2,1-3H3,(H,41,42). The molecule has 1 aliphatic rings. The van der Waals surface area contributed by atoms with Gasteiger partial charge in [-0.05, 0) is 80.9 Å².